The number of nitrogens with zero attached hydrogens (tertiary/aromatic N) is 1. The van der Waals surface area contributed by atoms with Crippen LogP contribution in [0.1, 0.15) is 37.4 Å². The van der Waals surface area contributed by atoms with Gasteiger partial charge in [0.2, 0.25) is 0 Å². The molecule has 2 unspecified atom stereocenters. The van der Waals surface area contributed by atoms with Crippen molar-refractivity contribution in [3.63, 3.8) is 0 Å². The first kappa shape index (κ1) is 12.5. The third-order valence-electron chi connectivity index (χ3n) is 3.90. The molecule has 3 rings (SSSR count). The number of aromatic amines is 1. The van der Waals surface area contributed by atoms with E-state index in [0.29, 0.717) is 5.02 Å². The van der Waals surface area contributed by atoms with E-state index in [1.807, 2.05) is 12.1 Å². The van der Waals surface area contributed by atoms with Crippen molar-refractivity contribution in [2.45, 2.75) is 31.6 Å². The van der Waals surface area contributed by atoms with Crippen molar-refractivity contribution < 1.29 is 9.90 Å². The number of benzene rings is 1. The lowest BCUT2D eigenvalue weighted by Crippen LogP contribution is -2.26. The van der Waals surface area contributed by atoms with E-state index in [0.717, 1.165) is 42.5 Å². The number of carbonyl (C=O) groups is 1. The molecule has 1 heterocycles. The Morgan fingerprint density at radius 2 is 2.16 bits per heavy atom. The Balaban J connectivity index is 1.99. The number of carboxylic acids is 1. The first-order chi connectivity index (χ1) is 9.15. The molecule has 2 aromatic rings. The van der Waals surface area contributed by atoms with Gasteiger partial charge in [-0.1, -0.05) is 24.4 Å². The second-order valence-corrected chi connectivity index (χ2v) is 5.56. The van der Waals surface area contributed by atoms with Gasteiger partial charge in [0.1, 0.15) is 5.82 Å². The number of fused-ring (bicyclic) bond motifs is 1. The molecule has 4 nitrogen and oxygen atoms in total. The summed E-state index contributed by atoms with van der Waals surface area (Å²) < 4.78 is 0. The number of carboxylic acid groups (broad SMARTS) is 1. The number of nitrogens with one attached hydrogen (secondary N) is 1. The van der Waals surface area contributed by atoms with Crippen LogP contribution in [0.5, 0.6) is 0 Å². The van der Waals surface area contributed by atoms with E-state index in [4.69, 9.17) is 11.6 Å². The van der Waals surface area contributed by atoms with Gasteiger partial charge in [-0.05, 0) is 31.0 Å². The van der Waals surface area contributed by atoms with Gasteiger partial charge in [0.25, 0.3) is 0 Å². The third-order valence-corrected chi connectivity index (χ3v) is 4.13. The summed E-state index contributed by atoms with van der Waals surface area (Å²) in [6.45, 7) is 0. The summed E-state index contributed by atoms with van der Waals surface area (Å²) in [5.74, 6) is -0.283. The Hall–Kier alpha value is -1.55. The molecule has 2 atom stereocenters. The standard InChI is InChI=1S/C14H15ClN2O2/c15-8-5-6-11-12(7-8)17-13(16-11)9-3-1-2-4-10(9)14(18)19/h5-7,9-10H,1-4H2,(H,16,17)(H,18,19). The molecule has 0 amide bonds. The molecule has 0 radical (unpaired) electrons. The number of imidazole rings is 1. The predicted molar refractivity (Wildman–Crippen MR) is 73.4 cm³/mol. The first-order valence-corrected chi connectivity index (χ1v) is 6.91. The molecule has 100 valence electrons. The van der Waals surface area contributed by atoms with E-state index in [2.05, 4.69) is 9.97 Å². The Morgan fingerprint density at radius 1 is 1.37 bits per heavy atom. The fourth-order valence-electron chi connectivity index (χ4n) is 2.93. The summed E-state index contributed by atoms with van der Waals surface area (Å²) in [6.07, 6.45) is 3.66. The van der Waals surface area contributed by atoms with Gasteiger partial charge >= 0.3 is 5.97 Å². The lowest BCUT2D eigenvalue weighted by Gasteiger charge is -2.26. The molecule has 1 saturated carbocycles. The molecule has 1 aliphatic rings. The Bertz CT molecular complexity index is 623. The highest BCUT2D eigenvalue weighted by atomic mass is 35.5. The largest absolute Gasteiger partial charge is 0.481 e. The Kier molecular flexibility index (Phi) is 3.19. The maximum Gasteiger partial charge on any atom is 0.307 e. The molecule has 2 N–H and O–H groups in total. The normalized spacial score (nSPS) is 23.6. The lowest BCUT2D eigenvalue weighted by molar-refractivity contribution is -0.143. The first-order valence-electron chi connectivity index (χ1n) is 6.53. The van der Waals surface area contributed by atoms with Crippen molar-refractivity contribution in [1.29, 1.82) is 0 Å². The number of aliphatic carboxylic acids is 1. The van der Waals surface area contributed by atoms with Gasteiger partial charge in [-0.25, -0.2) is 4.98 Å². The van der Waals surface area contributed by atoms with Crippen molar-refractivity contribution in [2.75, 3.05) is 0 Å². The van der Waals surface area contributed by atoms with Crippen LogP contribution < -0.4 is 0 Å². The van der Waals surface area contributed by atoms with Crippen molar-refractivity contribution in [3.8, 4) is 0 Å². The topological polar surface area (TPSA) is 66.0 Å². The molecule has 0 aliphatic heterocycles. The van der Waals surface area contributed by atoms with E-state index in [9.17, 15) is 9.90 Å². The SMILES string of the molecule is O=C(O)C1CCCCC1c1nc2ccc(Cl)cc2[nH]1. The van der Waals surface area contributed by atoms with Crippen LogP contribution in [0.15, 0.2) is 18.2 Å². The smallest absolute Gasteiger partial charge is 0.307 e. The minimum atomic E-state index is -0.719. The van der Waals surface area contributed by atoms with Crippen LogP contribution in [-0.4, -0.2) is 21.0 Å². The number of rotatable bonds is 2. The van der Waals surface area contributed by atoms with E-state index < -0.39 is 5.97 Å². The summed E-state index contributed by atoms with van der Waals surface area (Å²) in [6, 6.07) is 5.48. The fraction of sp³-hybridized carbons (Fsp3) is 0.429. The molecule has 0 saturated heterocycles. The van der Waals surface area contributed by atoms with Gasteiger partial charge in [-0.15, -0.1) is 0 Å². The molecule has 1 aromatic carbocycles. The van der Waals surface area contributed by atoms with Crippen molar-refractivity contribution in [3.05, 3.63) is 29.0 Å². The van der Waals surface area contributed by atoms with Gasteiger partial charge in [-0.3, -0.25) is 4.79 Å². The molecule has 1 aromatic heterocycles. The van der Waals surface area contributed by atoms with Crippen molar-refractivity contribution in [2.24, 2.45) is 5.92 Å². The van der Waals surface area contributed by atoms with Gasteiger partial charge in [0.15, 0.2) is 0 Å². The second kappa shape index (κ2) is 4.85. The summed E-state index contributed by atoms with van der Waals surface area (Å²) in [4.78, 5) is 19.1. The molecular weight excluding hydrogens is 264 g/mol. The van der Waals surface area contributed by atoms with Crippen LogP contribution in [0, 0.1) is 5.92 Å². The van der Waals surface area contributed by atoms with E-state index in [1.165, 1.54) is 0 Å². The van der Waals surface area contributed by atoms with E-state index >= 15 is 0 Å². The van der Waals surface area contributed by atoms with Crippen LogP contribution in [-0.2, 0) is 4.79 Å². The van der Waals surface area contributed by atoms with Crippen LogP contribution >= 0.6 is 11.6 Å². The van der Waals surface area contributed by atoms with Crippen LogP contribution in [0.2, 0.25) is 5.02 Å². The average molecular weight is 279 g/mol. The highest BCUT2D eigenvalue weighted by Gasteiger charge is 2.33. The molecule has 5 heteroatoms. The zero-order valence-electron chi connectivity index (χ0n) is 10.4. The third kappa shape index (κ3) is 2.32. The second-order valence-electron chi connectivity index (χ2n) is 5.12. The molecule has 0 spiro atoms. The molecule has 0 bridgehead atoms. The van der Waals surface area contributed by atoms with Gasteiger partial charge in [-0.2, -0.15) is 0 Å². The Morgan fingerprint density at radius 3 is 2.95 bits per heavy atom. The summed E-state index contributed by atoms with van der Waals surface area (Å²) in [5.41, 5.74) is 1.71. The molecule has 19 heavy (non-hydrogen) atoms. The Labute approximate surface area is 115 Å². The number of aromatic nitrogens is 2. The van der Waals surface area contributed by atoms with Gasteiger partial charge in [0, 0.05) is 10.9 Å². The van der Waals surface area contributed by atoms with Crippen LogP contribution in [0.4, 0.5) is 0 Å². The van der Waals surface area contributed by atoms with Crippen LogP contribution in [0.25, 0.3) is 11.0 Å². The zero-order chi connectivity index (χ0) is 13.4. The number of hydrogen-bond donors (Lipinski definition) is 2. The van der Waals surface area contributed by atoms with Crippen molar-refractivity contribution in [1.82, 2.24) is 9.97 Å². The summed E-state index contributed by atoms with van der Waals surface area (Å²) in [7, 11) is 0. The fourth-order valence-corrected chi connectivity index (χ4v) is 3.10. The maximum absolute atomic E-state index is 11.3. The monoisotopic (exact) mass is 278 g/mol. The van der Waals surface area contributed by atoms with E-state index in [1.54, 1.807) is 6.07 Å². The summed E-state index contributed by atoms with van der Waals surface area (Å²) in [5, 5.41) is 9.98. The maximum atomic E-state index is 11.3. The van der Waals surface area contributed by atoms with E-state index in [-0.39, 0.29) is 11.8 Å². The molecule has 1 aliphatic carbocycles. The number of halogens is 1. The quantitative estimate of drug-likeness (QED) is 0.882. The highest BCUT2D eigenvalue weighted by molar-refractivity contribution is 6.31. The van der Waals surface area contributed by atoms with Crippen LogP contribution in [0.3, 0.4) is 0 Å². The highest BCUT2D eigenvalue weighted by Crippen LogP contribution is 2.37. The number of hydrogen-bond acceptors (Lipinski definition) is 2. The zero-order valence-corrected chi connectivity index (χ0v) is 11.2. The molecule has 1 fully saturated rings. The van der Waals surface area contributed by atoms with Gasteiger partial charge < -0.3 is 10.1 Å². The average Bonchev–Trinajstić information content (AvgIpc) is 2.81. The number of H-pyrrole nitrogens is 1. The van der Waals surface area contributed by atoms with Crippen molar-refractivity contribution >= 4 is 28.6 Å². The molecular formula is C14H15ClN2O2. The lowest BCUT2D eigenvalue weighted by atomic mass is 9.79. The summed E-state index contributed by atoms with van der Waals surface area (Å²) >= 11 is 5.95. The minimum Gasteiger partial charge on any atom is -0.481 e. The minimum absolute atomic E-state index is 0.0163. The predicted octanol–water partition coefficient (Wildman–Crippen LogP) is 3.57. The van der Waals surface area contributed by atoms with Gasteiger partial charge in [0.05, 0.1) is 17.0 Å².